The zero-order valence-electron chi connectivity index (χ0n) is 10.9. The molecule has 100 valence electrons. The van der Waals surface area contributed by atoms with E-state index in [-0.39, 0.29) is 5.91 Å². The van der Waals surface area contributed by atoms with Crippen LogP contribution < -0.4 is 10.8 Å². The Hall–Kier alpha value is -1.59. The average Bonchev–Trinajstić information content (AvgIpc) is 2.33. The predicted molar refractivity (Wildman–Crippen MR) is 71.4 cm³/mol. The van der Waals surface area contributed by atoms with Crippen LogP contribution in [0.25, 0.3) is 0 Å². The minimum atomic E-state index is -0.0963. The molecule has 5 nitrogen and oxygen atoms in total. The van der Waals surface area contributed by atoms with E-state index in [1.54, 1.807) is 6.07 Å². The summed E-state index contributed by atoms with van der Waals surface area (Å²) in [6.45, 7) is 5.33. The van der Waals surface area contributed by atoms with E-state index in [4.69, 9.17) is 9.57 Å². The van der Waals surface area contributed by atoms with Crippen molar-refractivity contribution in [2.24, 2.45) is 0 Å². The number of hydrogen-bond donors (Lipinski definition) is 2. The molecule has 0 bridgehead atoms. The fourth-order valence-corrected chi connectivity index (χ4v) is 1.35. The molecule has 2 N–H and O–H groups in total. The normalized spacial score (nSPS) is 10.1. The Morgan fingerprint density at radius 1 is 1.22 bits per heavy atom. The Bertz CT molecular complexity index is 369. The second-order valence-corrected chi connectivity index (χ2v) is 3.82. The van der Waals surface area contributed by atoms with Gasteiger partial charge < -0.3 is 10.1 Å². The fraction of sp³-hybridized carbons (Fsp3) is 0.462. The monoisotopic (exact) mass is 252 g/mol. The molecule has 1 aromatic rings. The number of nitrogens with one attached hydrogen (secondary N) is 2. The predicted octanol–water partition coefficient (Wildman–Crippen LogP) is 2.42. The average molecular weight is 252 g/mol. The number of rotatable bonds is 8. The van der Waals surface area contributed by atoms with Crippen molar-refractivity contribution in [3.8, 4) is 0 Å². The Morgan fingerprint density at radius 3 is 2.72 bits per heavy atom. The third kappa shape index (κ3) is 6.22. The molecule has 0 atom stereocenters. The first-order valence-corrected chi connectivity index (χ1v) is 6.05. The standard InChI is InChI=1S/C13H20N2O3/c1-3-7-17-8-9-18-15-13-6-4-5-12(10-13)14-11(2)16/h4-6,10,15H,3,7-9H2,1-2H3,(H,14,16). The van der Waals surface area contributed by atoms with Gasteiger partial charge in [-0.2, -0.15) is 0 Å². The van der Waals surface area contributed by atoms with Gasteiger partial charge in [-0.1, -0.05) is 13.0 Å². The summed E-state index contributed by atoms with van der Waals surface area (Å²) in [7, 11) is 0. The summed E-state index contributed by atoms with van der Waals surface area (Å²) in [6.07, 6.45) is 1.01. The molecule has 0 aliphatic carbocycles. The summed E-state index contributed by atoms with van der Waals surface area (Å²) >= 11 is 0. The van der Waals surface area contributed by atoms with Gasteiger partial charge >= 0.3 is 0 Å². The summed E-state index contributed by atoms with van der Waals surface area (Å²) in [5.41, 5.74) is 4.33. The Balaban J connectivity index is 2.27. The van der Waals surface area contributed by atoms with Crippen molar-refractivity contribution in [2.75, 3.05) is 30.6 Å². The van der Waals surface area contributed by atoms with E-state index >= 15 is 0 Å². The molecule has 0 spiro atoms. The van der Waals surface area contributed by atoms with Gasteiger partial charge in [0, 0.05) is 19.2 Å². The summed E-state index contributed by atoms with van der Waals surface area (Å²) in [5.74, 6) is -0.0963. The molecule has 1 amide bonds. The molecule has 0 heterocycles. The maximum Gasteiger partial charge on any atom is 0.221 e. The van der Waals surface area contributed by atoms with Crippen LogP contribution in [0.15, 0.2) is 24.3 Å². The highest BCUT2D eigenvalue weighted by Gasteiger charge is 1.97. The lowest BCUT2D eigenvalue weighted by Crippen LogP contribution is -2.10. The Kier molecular flexibility index (Phi) is 6.83. The van der Waals surface area contributed by atoms with Crippen molar-refractivity contribution in [1.82, 2.24) is 0 Å². The molecule has 0 aliphatic heterocycles. The van der Waals surface area contributed by atoms with Gasteiger partial charge in [0.25, 0.3) is 0 Å². The van der Waals surface area contributed by atoms with Crippen molar-refractivity contribution in [3.05, 3.63) is 24.3 Å². The molecular weight excluding hydrogens is 232 g/mol. The highest BCUT2D eigenvalue weighted by atomic mass is 16.7. The van der Waals surface area contributed by atoms with Gasteiger partial charge in [0.1, 0.15) is 0 Å². The number of benzene rings is 1. The first-order chi connectivity index (χ1) is 8.72. The van der Waals surface area contributed by atoms with Gasteiger partial charge in [-0.15, -0.1) is 0 Å². The van der Waals surface area contributed by atoms with Crippen molar-refractivity contribution in [3.63, 3.8) is 0 Å². The van der Waals surface area contributed by atoms with Crippen LogP contribution in [0.5, 0.6) is 0 Å². The zero-order chi connectivity index (χ0) is 13.2. The van der Waals surface area contributed by atoms with Crippen molar-refractivity contribution in [1.29, 1.82) is 0 Å². The van der Waals surface area contributed by atoms with Gasteiger partial charge in [0.2, 0.25) is 5.91 Å². The van der Waals surface area contributed by atoms with Gasteiger partial charge in [-0.25, -0.2) is 0 Å². The topological polar surface area (TPSA) is 59.6 Å². The van der Waals surface area contributed by atoms with E-state index in [1.807, 2.05) is 18.2 Å². The molecular formula is C13H20N2O3. The second kappa shape index (κ2) is 8.49. The summed E-state index contributed by atoms with van der Waals surface area (Å²) in [6, 6.07) is 7.31. The Morgan fingerprint density at radius 2 is 2.00 bits per heavy atom. The number of carbonyl (C=O) groups excluding carboxylic acids is 1. The highest BCUT2D eigenvalue weighted by molar-refractivity contribution is 5.89. The number of carbonyl (C=O) groups is 1. The van der Waals surface area contributed by atoms with E-state index in [0.717, 1.165) is 24.4 Å². The van der Waals surface area contributed by atoms with Crippen molar-refractivity contribution in [2.45, 2.75) is 20.3 Å². The first kappa shape index (κ1) is 14.5. The minimum Gasteiger partial charge on any atom is -0.379 e. The van der Waals surface area contributed by atoms with Crippen LogP contribution in [0.1, 0.15) is 20.3 Å². The lowest BCUT2D eigenvalue weighted by atomic mass is 10.3. The number of anilines is 2. The molecule has 0 radical (unpaired) electrons. The molecule has 0 unspecified atom stereocenters. The van der Waals surface area contributed by atoms with Gasteiger partial charge in [0.05, 0.1) is 18.9 Å². The lowest BCUT2D eigenvalue weighted by molar-refractivity contribution is -0.114. The van der Waals surface area contributed by atoms with Crippen LogP contribution in [-0.4, -0.2) is 25.7 Å². The number of amides is 1. The van der Waals surface area contributed by atoms with Crippen LogP contribution in [0, 0.1) is 0 Å². The number of hydrogen-bond acceptors (Lipinski definition) is 4. The van der Waals surface area contributed by atoms with E-state index in [0.29, 0.717) is 13.2 Å². The van der Waals surface area contributed by atoms with Crippen LogP contribution in [-0.2, 0) is 14.4 Å². The van der Waals surface area contributed by atoms with E-state index < -0.39 is 0 Å². The van der Waals surface area contributed by atoms with Crippen molar-refractivity contribution < 1.29 is 14.4 Å². The smallest absolute Gasteiger partial charge is 0.221 e. The van der Waals surface area contributed by atoms with Gasteiger partial charge in [-0.3, -0.25) is 15.1 Å². The molecule has 1 aromatic carbocycles. The third-order valence-electron chi connectivity index (χ3n) is 2.05. The highest BCUT2D eigenvalue weighted by Crippen LogP contribution is 2.14. The molecule has 1 rings (SSSR count). The summed E-state index contributed by atoms with van der Waals surface area (Å²) in [4.78, 5) is 16.1. The maximum absolute atomic E-state index is 10.9. The first-order valence-electron chi connectivity index (χ1n) is 6.05. The molecule has 0 fully saturated rings. The molecule has 0 saturated heterocycles. The van der Waals surface area contributed by atoms with Crippen LogP contribution in [0.3, 0.4) is 0 Å². The Labute approximate surface area is 107 Å². The molecule has 0 aromatic heterocycles. The van der Waals surface area contributed by atoms with E-state index in [2.05, 4.69) is 17.7 Å². The van der Waals surface area contributed by atoms with Gasteiger partial charge in [0.15, 0.2) is 0 Å². The molecule has 0 saturated carbocycles. The SMILES string of the molecule is CCCOCCONc1cccc(NC(C)=O)c1. The number of ether oxygens (including phenoxy) is 1. The zero-order valence-corrected chi connectivity index (χ0v) is 10.9. The fourth-order valence-electron chi connectivity index (χ4n) is 1.35. The van der Waals surface area contributed by atoms with Crippen molar-refractivity contribution >= 4 is 17.3 Å². The van der Waals surface area contributed by atoms with Crippen LogP contribution in [0.2, 0.25) is 0 Å². The van der Waals surface area contributed by atoms with E-state index in [9.17, 15) is 4.79 Å². The van der Waals surface area contributed by atoms with Crippen LogP contribution >= 0.6 is 0 Å². The minimum absolute atomic E-state index is 0.0963. The lowest BCUT2D eigenvalue weighted by Gasteiger charge is -2.09. The van der Waals surface area contributed by atoms with E-state index in [1.165, 1.54) is 6.92 Å². The molecule has 5 heteroatoms. The molecule has 0 aliphatic rings. The molecule has 18 heavy (non-hydrogen) atoms. The maximum atomic E-state index is 10.9. The third-order valence-corrected chi connectivity index (χ3v) is 2.05. The summed E-state index contributed by atoms with van der Waals surface area (Å²) < 4.78 is 5.28. The quantitative estimate of drug-likeness (QED) is 0.551. The van der Waals surface area contributed by atoms with Gasteiger partial charge in [-0.05, 0) is 24.6 Å². The summed E-state index contributed by atoms with van der Waals surface area (Å²) in [5, 5.41) is 2.70. The largest absolute Gasteiger partial charge is 0.379 e. The second-order valence-electron chi connectivity index (χ2n) is 3.82. The van der Waals surface area contributed by atoms with Crippen LogP contribution in [0.4, 0.5) is 11.4 Å².